The molecule has 7 atom stereocenters. The van der Waals surface area contributed by atoms with Gasteiger partial charge in [0, 0.05) is 42.5 Å². The summed E-state index contributed by atoms with van der Waals surface area (Å²) in [6.07, 6.45) is 9.93. The first kappa shape index (κ1) is 28.1. The van der Waals surface area contributed by atoms with Crippen LogP contribution in [0.15, 0.2) is 24.3 Å². The van der Waals surface area contributed by atoms with Gasteiger partial charge in [0.05, 0.1) is 6.42 Å². The maximum atomic E-state index is 12.9. The van der Waals surface area contributed by atoms with E-state index in [4.69, 9.17) is 27.9 Å². The van der Waals surface area contributed by atoms with E-state index in [1.807, 2.05) is 24.3 Å². The van der Waals surface area contributed by atoms with Crippen LogP contribution in [0.2, 0.25) is 0 Å². The first-order valence-electron chi connectivity index (χ1n) is 14.7. The summed E-state index contributed by atoms with van der Waals surface area (Å²) < 4.78 is 6.06. The molecule has 7 heteroatoms. The topological polar surface area (TPSA) is 58.6 Å². The number of carbonyl (C=O) groups is 2. The second kappa shape index (κ2) is 11.6. The van der Waals surface area contributed by atoms with E-state index in [-0.39, 0.29) is 23.5 Å². The van der Waals surface area contributed by atoms with E-state index < -0.39 is 0 Å². The summed E-state index contributed by atoms with van der Waals surface area (Å²) in [7, 11) is 0. The number of esters is 1. The first-order chi connectivity index (χ1) is 18.3. The van der Waals surface area contributed by atoms with Crippen LogP contribution < -0.4 is 10.2 Å². The summed E-state index contributed by atoms with van der Waals surface area (Å²) in [6.45, 7) is 6.31. The van der Waals surface area contributed by atoms with Crippen LogP contribution in [-0.2, 0) is 20.7 Å². The number of carbonyl (C=O) groups excluding carboxylic acids is 2. The van der Waals surface area contributed by atoms with Crippen LogP contribution >= 0.6 is 23.2 Å². The largest absolute Gasteiger partial charge is 0.462 e. The fraction of sp³-hybridized carbons (Fsp3) is 0.742. The molecule has 0 aromatic heterocycles. The zero-order valence-corrected chi connectivity index (χ0v) is 24.5. The van der Waals surface area contributed by atoms with Crippen LogP contribution in [0.5, 0.6) is 0 Å². The number of piperidine rings is 1. The van der Waals surface area contributed by atoms with Gasteiger partial charge in [0.15, 0.2) is 0 Å². The minimum atomic E-state index is -0.121. The number of fused-ring (bicyclic) bond motifs is 5. The molecule has 3 saturated carbocycles. The molecule has 1 unspecified atom stereocenters. The summed E-state index contributed by atoms with van der Waals surface area (Å²) >= 11 is 11.9. The van der Waals surface area contributed by atoms with Crippen LogP contribution in [0.4, 0.5) is 5.69 Å². The Morgan fingerprint density at radius 3 is 2.45 bits per heavy atom. The highest BCUT2D eigenvalue weighted by molar-refractivity contribution is 6.18. The maximum absolute atomic E-state index is 12.9. The Labute approximate surface area is 238 Å². The molecule has 4 fully saturated rings. The normalized spacial score (nSPS) is 36.3. The Morgan fingerprint density at radius 1 is 1.00 bits per heavy atom. The average Bonchev–Trinajstić information content (AvgIpc) is 2.88. The second-order valence-corrected chi connectivity index (χ2v) is 13.6. The number of halogens is 2. The molecule has 0 spiro atoms. The molecule has 1 aromatic carbocycles. The van der Waals surface area contributed by atoms with Gasteiger partial charge in [0.1, 0.15) is 6.10 Å². The van der Waals surface area contributed by atoms with Gasteiger partial charge in [0.2, 0.25) is 5.91 Å². The third-order valence-electron chi connectivity index (χ3n) is 10.8. The average molecular weight is 564 g/mol. The van der Waals surface area contributed by atoms with E-state index in [2.05, 4.69) is 24.1 Å². The SMILES string of the molecule is C[C@]12CCC3[C@H](CC[C@H]4C[C@H](OC(=O)Cc5ccc(N(CCCl)CCCl)cc5)CC[C@]34C)[C@@H]1CCC(=O)N2. The van der Waals surface area contributed by atoms with Crippen molar-refractivity contribution in [1.82, 2.24) is 5.32 Å². The van der Waals surface area contributed by atoms with Crippen molar-refractivity contribution in [2.75, 3.05) is 29.7 Å². The number of nitrogens with zero attached hydrogens (tertiary/aromatic N) is 1. The van der Waals surface area contributed by atoms with Crippen molar-refractivity contribution in [3.8, 4) is 0 Å². The molecule has 1 saturated heterocycles. The highest BCUT2D eigenvalue weighted by Gasteiger charge is 2.58. The van der Waals surface area contributed by atoms with Crippen molar-refractivity contribution < 1.29 is 14.3 Å². The molecule has 38 heavy (non-hydrogen) atoms. The molecule has 4 aliphatic rings. The van der Waals surface area contributed by atoms with Crippen molar-refractivity contribution in [1.29, 1.82) is 0 Å². The van der Waals surface area contributed by atoms with Crippen LogP contribution in [0.25, 0.3) is 0 Å². The van der Waals surface area contributed by atoms with Gasteiger partial charge in [0.25, 0.3) is 0 Å². The van der Waals surface area contributed by atoms with Crippen molar-refractivity contribution in [2.24, 2.45) is 29.1 Å². The van der Waals surface area contributed by atoms with Crippen LogP contribution in [0.1, 0.15) is 77.2 Å². The number of benzene rings is 1. The number of alkyl halides is 2. The third kappa shape index (κ3) is 5.57. The van der Waals surface area contributed by atoms with E-state index in [1.165, 1.54) is 19.3 Å². The lowest BCUT2D eigenvalue weighted by Crippen LogP contribution is -2.63. The molecular formula is C31H44Cl2N2O3. The Balaban J connectivity index is 1.16. The zero-order valence-electron chi connectivity index (χ0n) is 23.0. The number of hydrogen-bond acceptors (Lipinski definition) is 4. The minimum absolute atomic E-state index is 0.0167. The molecule has 1 aromatic rings. The van der Waals surface area contributed by atoms with Gasteiger partial charge in [-0.3, -0.25) is 9.59 Å². The number of hydrogen-bond donors (Lipinski definition) is 1. The molecule has 210 valence electrons. The highest BCUT2D eigenvalue weighted by atomic mass is 35.5. The van der Waals surface area contributed by atoms with Crippen molar-refractivity contribution >= 4 is 40.8 Å². The highest BCUT2D eigenvalue weighted by Crippen LogP contribution is 2.62. The summed E-state index contributed by atoms with van der Waals surface area (Å²) in [5.41, 5.74) is 2.35. The predicted octanol–water partition coefficient (Wildman–Crippen LogP) is 6.34. The van der Waals surface area contributed by atoms with Crippen LogP contribution in [0, 0.1) is 29.1 Å². The van der Waals surface area contributed by atoms with E-state index in [9.17, 15) is 9.59 Å². The fourth-order valence-corrected chi connectivity index (χ4v) is 9.20. The Hall–Kier alpha value is -1.46. The Morgan fingerprint density at radius 2 is 1.74 bits per heavy atom. The van der Waals surface area contributed by atoms with Gasteiger partial charge in [-0.15, -0.1) is 23.2 Å². The smallest absolute Gasteiger partial charge is 0.310 e. The fourth-order valence-electron chi connectivity index (χ4n) is 8.79. The van der Waals surface area contributed by atoms with Gasteiger partial charge < -0.3 is 15.0 Å². The first-order valence-corrected chi connectivity index (χ1v) is 15.8. The molecule has 5 nitrogen and oxygen atoms in total. The van der Waals surface area contributed by atoms with Gasteiger partial charge in [-0.25, -0.2) is 0 Å². The predicted molar refractivity (Wildman–Crippen MR) is 154 cm³/mol. The zero-order chi connectivity index (χ0) is 26.9. The van der Waals surface area contributed by atoms with E-state index in [1.54, 1.807) is 0 Å². The molecule has 0 bridgehead atoms. The Bertz CT molecular complexity index is 997. The summed E-state index contributed by atoms with van der Waals surface area (Å²) in [5, 5.41) is 3.37. The molecule has 1 N–H and O–H groups in total. The van der Waals surface area contributed by atoms with Gasteiger partial charge in [-0.05, 0) is 105 Å². The molecule has 1 heterocycles. The summed E-state index contributed by atoms with van der Waals surface area (Å²) in [6, 6.07) is 8.10. The van der Waals surface area contributed by atoms with Crippen molar-refractivity contribution in [3.05, 3.63) is 29.8 Å². The molecule has 0 radical (unpaired) electrons. The lowest BCUT2D eigenvalue weighted by molar-refractivity contribution is -0.162. The monoisotopic (exact) mass is 562 g/mol. The lowest BCUT2D eigenvalue weighted by Gasteiger charge is -2.62. The minimum Gasteiger partial charge on any atom is -0.462 e. The van der Waals surface area contributed by atoms with Crippen molar-refractivity contribution in [2.45, 2.75) is 89.7 Å². The Kier molecular flexibility index (Phi) is 8.55. The standard InChI is InChI=1S/C31H44Cl2N2O3/c1-30-13-11-24(38-29(37)19-21-3-6-23(7-4-21)35(17-15-32)18-16-33)20-22(30)5-8-25-26(30)12-14-31(2)27(25)9-10-28(36)34-31/h3-4,6-7,22,24-27H,5,8-20H2,1-2H3,(H,34,36)/t22-,24+,25-,26?,27-,30-,31-/m0/s1. The molecule has 5 rings (SSSR count). The van der Waals surface area contributed by atoms with Gasteiger partial charge >= 0.3 is 5.97 Å². The second-order valence-electron chi connectivity index (χ2n) is 12.8. The van der Waals surface area contributed by atoms with Gasteiger partial charge in [-0.1, -0.05) is 19.1 Å². The third-order valence-corrected chi connectivity index (χ3v) is 11.1. The quantitative estimate of drug-likeness (QED) is 0.297. The van der Waals surface area contributed by atoms with E-state index in [0.717, 1.165) is 62.4 Å². The number of rotatable bonds is 8. The van der Waals surface area contributed by atoms with E-state index >= 15 is 0 Å². The summed E-state index contributed by atoms with van der Waals surface area (Å²) in [5.74, 6) is 3.87. The molecule has 1 amide bonds. The van der Waals surface area contributed by atoms with Gasteiger partial charge in [-0.2, -0.15) is 0 Å². The maximum Gasteiger partial charge on any atom is 0.310 e. The number of anilines is 1. The number of ether oxygens (including phenoxy) is 1. The van der Waals surface area contributed by atoms with Crippen LogP contribution in [0.3, 0.4) is 0 Å². The van der Waals surface area contributed by atoms with Crippen LogP contribution in [-0.4, -0.2) is 48.4 Å². The number of amides is 1. The number of nitrogens with one attached hydrogen (secondary N) is 1. The lowest BCUT2D eigenvalue weighted by atomic mass is 9.45. The van der Waals surface area contributed by atoms with Crippen molar-refractivity contribution in [3.63, 3.8) is 0 Å². The molecular weight excluding hydrogens is 519 g/mol. The molecule has 1 aliphatic heterocycles. The molecule has 3 aliphatic carbocycles. The summed E-state index contributed by atoms with van der Waals surface area (Å²) in [4.78, 5) is 27.2. The van der Waals surface area contributed by atoms with E-state index in [0.29, 0.717) is 47.8 Å².